The first-order chi connectivity index (χ1) is 8.72. The molecule has 2 rings (SSSR count). The van der Waals surface area contributed by atoms with Crippen LogP contribution in [0.3, 0.4) is 0 Å². The van der Waals surface area contributed by atoms with Crippen molar-refractivity contribution in [2.45, 2.75) is 26.7 Å². The van der Waals surface area contributed by atoms with Crippen LogP contribution in [0.15, 0.2) is 11.4 Å². The topological polar surface area (TPSA) is 23.6 Å². The largest absolute Gasteiger partial charge is 0.337 e. The predicted molar refractivity (Wildman–Crippen MR) is 76.3 cm³/mol. The lowest BCUT2D eigenvalue weighted by Gasteiger charge is -2.21. The van der Waals surface area contributed by atoms with Crippen LogP contribution in [0.2, 0.25) is 0 Å². The molecule has 0 spiro atoms. The Morgan fingerprint density at radius 3 is 2.83 bits per heavy atom. The summed E-state index contributed by atoms with van der Waals surface area (Å²) in [5.41, 5.74) is 1.11. The number of thiophene rings is 1. The first kappa shape index (κ1) is 13.6. The van der Waals surface area contributed by atoms with Gasteiger partial charge in [0.2, 0.25) is 0 Å². The van der Waals surface area contributed by atoms with Crippen molar-refractivity contribution in [1.29, 1.82) is 0 Å². The zero-order valence-electron chi connectivity index (χ0n) is 11.3. The molecule has 1 saturated heterocycles. The van der Waals surface area contributed by atoms with E-state index < -0.39 is 0 Å². The van der Waals surface area contributed by atoms with Gasteiger partial charge >= 0.3 is 0 Å². The van der Waals surface area contributed by atoms with Gasteiger partial charge in [-0.2, -0.15) is 0 Å². The summed E-state index contributed by atoms with van der Waals surface area (Å²) in [6, 6.07) is 2.03. The van der Waals surface area contributed by atoms with Gasteiger partial charge in [0, 0.05) is 19.6 Å². The standard InChI is InChI=1S/C14H22N2OS/c1-3-6-15-7-4-8-16(10-9-15)14(17)13-12(2)5-11-18-13/h5,11H,3-4,6-10H2,1-2H3. The van der Waals surface area contributed by atoms with Crippen LogP contribution in [0.1, 0.15) is 35.0 Å². The molecule has 18 heavy (non-hydrogen) atoms. The van der Waals surface area contributed by atoms with Gasteiger partial charge in [-0.15, -0.1) is 11.3 Å². The monoisotopic (exact) mass is 266 g/mol. The summed E-state index contributed by atoms with van der Waals surface area (Å²) >= 11 is 1.56. The maximum Gasteiger partial charge on any atom is 0.264 e. The predicted octanol–water partition coefficient (Wildman–Crippen LogP) is 2.61. The number of amides is 1. The molecule has 0 aliphatic carbocycles. The first-order valence-electron chi connectivity index (χ1n) is 6.78. The number of rotatable bonds is 3. The molecule has 1 aliphatic rings. The van der Waals surface area contributed by atoms with Crippen LogP contribution in [0.25, 0.3) is 0 Å². The van der Waals surface area contributed by atoms with Crippen LogP contribution in [-0.4, -0.2) is 48.4 Å². The molecule has 1 aromatic heterocycles. The minimum absolute atomic E-state index is 0.223. The van der Waals surface area contributed by atoms with Gasteiger partial charge in [-0.3, -0.25) is 4.79 Å². The Labute approximate surface area is 113 Å². The number of nitrogens with zero attached hydrogens (tertiary/aromatic N) is 2. The van der Waals surface area contributed by atoms with Crippen molar-refractivity contribution in [3.63, 3.8) is 0 Å². The molecule has 1 aliphatic heterocycles. The van der Waals surface area contributed by atoms with Crippen LogP contribution in [0.5, 0.6) is 0 Å². The van der Waals surface area contributed by atoms with E-state index in [0.29, 0.717) is 0 Å². The number of carbonyl (C=O) groups excluding carboxylic acids is 1. The van der Waals surface area contributed by atoms with Crippen molar-refractivity contribution in [3.8, 4) is 0 Å². The van der Waals surface area contributed by atoms with E-state index in [2.05, 4.69) is 11.8 Å². The van der Waals surface area contributed by atoms with E-state index >= 15 is 0 Å². The van der Waals surface area contributed by atoms with Crippen LogP contribution < -0.4 is 0 Å². The number of carbonyl (C=O) groups is 1. The molecule has 1 aromatic rings. The van der Waals surface area contributed by atoms with Crippen molar-refractivity contribution in [1.82, 2.24) is 9.80 Å². The Morgan fingerprint density at radius 2 is 2.17 bits per heavy atom. The van der Waals surface area contributed by atoms with Gasteiger partial charge in [-0.1, -0.05) is 6.92 Å². The molecular formula is C14H22N2OS. The number of hydrogen-bond acceptors (Lipinski definition) is 3. The highest BCUT2D eigenvalue weighted by Crippen LogP contribution is 2.18. The molecular weight excluding hydrogens is 244 g/mol. The Hall–Kier alpha value is -0.870. The fraction of sp³-hybridized carbons (Fsp3) is 0.643. The molecule has 0 unspecified atom stereocenters. The summed E-state index contributed by atoms with van der Waals surface area (Å²) in [6.45, 7) is 9.30. The van der Waals surface area contributed by atoms with Gasteiger partial charge in [0.1, 0.15) is 0 Å². The molecule has 0 bridgehead atoms. The van der Waals surface area contributed by atoms with Gasteiger partial charge in [0.25, 0.3) is 5.91 Å². The molecule has 0 aromatic carbocycles. The normalized spacial score (nSPS) is 17.8. The highest BCUT2D eigenvalue weighted by atomic mass is 32.1. The van der Waals surface area contributed by atoms with E-state index in [-0.39, 0.29) is 5.91 Å². The van der Waals surface area contributed by atoms with Crippen LogP contribution in [-0.2, 0) is 0 Å². The van der Waals surface area contributed by atoms with Crippen molar-refractivity contribution in [3.05, 3.63) is 21.9 Å². The molecule has 0 N–H and O–H groups in total. The Morgan fingerprint density at radius 1 is 1.33 bits per heavy atom. The lowest BCUT2D eigenvalue weighted by Crippen LogP contribution is -2.35. The van der Waals surface area contributed by atoms with E-state index in [9.17, 15) is 4.79 Å². The van der Waals surface area contributed by atoms with Crippen molar-refractivity contribution in [2.75, 3.05) is 32.7 Å². The van der Waals surface area contributed by atoms with E-state index in [1.165, 1.54) is 6.42 Å². The van der Waals surface area contributed by atoms with Gasteiger partial charge in [0.15, 0.2) is 0 Å². The molecule has 2 heterocycles. The maximum absolute atomic E-state index is 12.4. The van der Waals surface area contributed by atoms with E-state index in [4.69, 9.17) is 0 Å². The maximum atomic E-state index is 12.4. The smallest absolute Gasteiger partial charge is 0.264 e. The van der Waals surface area contributed by atoms with Crippen LogP contribution in [0, 0.1) is 6.92 Å². The SMILES string of the molecule is CCCN1CCCN(C(=O)c2sccc2C)CC1. The van der Waals surface area contributed by atoms with Gasteiger partial charge in [0.05, 0.1) is 4.88 Å². The fourth-order valence-electron chi connectivity index (χ4n) is 2.45. The van der Waals surface area contributed by atoms with E-state index in [0.717, 1.165) is 49.6 Å². The molecule has 0 atom stereocenters. The zero-order chi connectivity index (χ0) is 13.0. The number of hydrogen-bond donors (Lipinski definition) is 0. The minimum Gasteiger partial charge on any atom is -0.337 e. The lowest BCUT2D eigenvalue weighted by atomic mass is 10.2. The molecule has 100 valence electrons. The first-order valence-corrected chi connectivity index (χ1v) is 7.66. The highest BCUT2D eigenvalue weighted by Gasteiger charge is 2.21. The second kappa shape index (κ2) is 6.34. The third kappa shape index (κ3) is 3.12. The van der Waals surface area contributed by atoms with E-state index in [1.807, 2.05) is 23.3 Å². The van der Waals surface area contributed by atoms with Gasteiger partial charge in [-0.05, 0) is 49.9 Å². The summed E-state index contributed by atoms with van der Waals surface area (Å²) in [5.74, 6) is 0.223. The summed E-state index contributed by atoms with van der Waals surface area (Å²) in [4.78, 5) is 17.8. The second-order valence-corrected chi connectivity index (χ2v) is 5.84. The molecule has 0 saturated carbocycles. The molecule has 0 radical (unpaired) electrons. The van der Waals surface area contributed by atoms with Gasteiger partial charge < -0.3 is 9.80 Å². The van der Waals surface area contributed by atoms with Gasteiger partial charge in [-0.25, -0.2) is 0 Å². The number of aryl methyl sites for hydroxylation is 1. The fourth-order valence-corrected chi connectivity index (χ4v) is 3.34. The van der Waals surface area contributed by atoms with E-state index in [1.54, 1.807) is 11.3 Å². The summed E-state index contributed by atoms with van der Waals surface area (Å²) in [7, 11) is 0. The average molecular weight is 266 g/mol. The van der Waals surface area contributed by atoms with Crippen molar-refractivity contribution < 1.29 is 4.79 Å². The zero-order valence-corrected chi connectivity index (χ0v) is 12.1. The molecule has 4 heteroatoms. The quantitative estimate of drug-likeness (QED) is 0.839. The van der Waals surface area contributed by atoms with Crippen molar-refractivity contribution in [2.24, 2.45) is 0 Å². The third-order valence-electron chi connectivity index (χ3n) is 3.47. The lowest BCUT2D eigenvalue weighted by molar-refractivity contribution is 0.0765. The summed E-state index contributed by atoms with van der Waals surface area (Å²) in [6.07, 6.45) is 2.29. The Kier molecular flexibility index (Phi) is 4.78. The summed E-state index contributed by atoms with van der Waals surface area (Å²) < 4.78 is 0. The summed E-state index contributed by atoms with van der Waals surface area (Å²) in [5, 5.41) is 2.00. The second-order valence-electron chi connectivity index (χ2n) is 4.92. The third-order valence-corrected chi connectivity index (χ3v) is 4.48. The Balaban J connectivity index is 1.98. The van der Waals surface area contributed by atoms with Crippen LogP contribution in [0.4, 0.5) is 0 Å². The molecule has 1 fully saturated rings. The molecule has 1 amide bonds. The highest BCUT2D eigenvalue weighted by molar-refractivity contribution is 7.12. The minimum atomic E-state index is 0.223. The Bertz CT molecular complexity index is 402. The molecule has 3 nitrogen and oxygen atoms in total. The van der Waals surface area contributed by atoms with Crippen molar-refractivity contribution >= 4 is 17.2 Å². The average Bonchev–Trinajstić information content (AvgIpc) is 2.64. The van der Waals surface area contributed by atoms with Crippen LogP contribution >= 0.6 is 11.3 Å².